The van der Waals surface area contributed by atoms with Crippen LogP contribution in [0, 0.1) is 136 Å². The Morgan fingerprint density at radius 1 is 0.277 bits per heavy atom. The summed E-state index contributed by atoms with van der Waals surface area (Å²) in [7, 11) is 0. The van der Waals surface area contributed by atoms with E-state index in [1.165, 1.54) is 150 Å². The van der Waals surface area contributed by atoms with Crippen LogP contribution in [-0.2, 0) is 16.2 Å². The van der Waals surface area contributed by atoms with E-state index in [1.807, 2.05) is 4.90 Å². The molecule has 21 aliphatic carbocycles. The van der Waals surface area contributed by atoms with Crippen molar-refractivity contribution in [2.24, 2.45) is 124 Å². The molecule has 0 saturated heterocycles. The first kappa shape index (κ1) is 54.3. The summed E-state index contributed by atoms with van der Waals surface area (Å²) in [4.78, 5) is 1.99. The van der Waals surface area contributed by atoms with Crippen LogP contribution < -0.4 is 77.7 Å². The molecule has 11 heteroatoms. The molecule has 8 aromatic rings. The molecule has 8 aromatic carbocycles. The topological polar surface area (TPSA) is 49.4 Å². The second-order valence-electron chi connectivity index (χ2n) is 38.7. The summed E-state index contributed by atoms with van der Waals surface area (Å²) in [6, 6.07) is 45.9. The molecule has 0 spiro atoms. The third kappa shape index (κ3) is 6.29. The molecular weight excluding hydrogens is 1250 g/mol. The molecule has 27 aliphatic rings. The maximum Gasteiger partial charge on any atom is 0.260 e. The third-order valence-corrected chi connectivity index (χ3v) is 35.8. The van der Waals surface area contributed by atoms with Crippen LogP contribution in [0.15, 0.2) is 127 Å². The molecule has 6 heterocycles. The SMILES string of the molecule is Fc1cccc(F)c1N1c2cc3c(cc2B2c4cc5c(cc4Oc4cc([C@]67CC8C9CC%10C[C@@H]8C(C6)[C@@H](C%10)C9C7)cc1c42)Oc1cc([C@]24CC6C7CC8C[C@@H]6C(C2)[C@@H](C8)C7C4)cc2c1B5c1ccccc1O2)B1c2ccccc2Oc2cc([C@]45CC6C7CC8C[C@H]6C(C4)[C@H](C8)C7C5)cc(c21)O3. The zero-order valence-electron chi connectivity index (χ0n) is 57.0. The van der Waals surface area contributed by atoms with Crippen molar-refractivity contribution in [2.45, 2.75) is 132 Å². The van der Waals surface area contributed by atoms with E-state index in [-0.39, 0.29) is 35.4 Å². The smallest absolute Gasteiger partial charge is 0.260 e. The fourth-order valence-corrected chi connectivity index (χ4v) is 33.3. The minimum absolute atomic E-state index is 0.0614. The van der Waals surface area contributed by atoms with Crippen molar-refractivity contribution in [1.82, 2.24) is 0 Å². The molecule has 0 atom stereocenters. The fraction of sp³-hybridized carbons (Fsp3) is 0.467. The molecular formula is C90H78B3F2NO5. The minimum Gasteiger partial charge on any atom is -0.458 e. The number of rotatable bonds is 4. The van der Waals surface area contributed by atoms with E-state index in [0.29, 0.717) is 0 Å². The lowest BCUT2D eigenvalue weighted by Crippen LogP contribution is -2.66. The van der Waals surface area contributed by atoms with Crippen LogP contribution in [0.3, 0.4) is 0 Å². The minimum atomic E-state index is -0.592. The molecule has 0 N–H and O–H groups in total. The fourth-order valence-electron chi connectivity index (χ4n) is 33.3. The Kier molecular flexibility index (Phi) is 9.42. The molecule has 21 fully saturated rings. The van der Waals surface area contributed by atoms with Crippen molar-refractivity contribution in [3.8, 4) is 57.5 Å². The second kappa shape index (κ2) is 17.5. The van der Waals surface area contributed by atoms with Gasteiger partial charge in [0, 0.05) is 34.4 Å². The van der Waals surface area contributed by atoms with Gasteiger partial charge in [0.05, 0.1) is 0 Å². The van der Waals surface area contributed by atoms with Gasteiger partial charge in [-0.3, -0.25) is 0 Å². The Balaban J connectivity index is 0.642. The first-order valence-corrected chi connectivity index (χ1v) is 40.3. The Morgan fingerprint density at radius 2 is 0.594 bits per heavy atom. The van der Waals surface area contributed by atoms with E-state index in [9.17, 15) is 0 Å². The highest BCUT2D eigenvalue weighted by Gasteiger charge is 2.71. The van der Waals surface area contributed by atoms with Crippen LogP contribution >= 0.6 is 0 Å². The highest BCUT2D eigenvalue weighted by molar-refractivity contribution is 7.03. The number of anilines is 3. The van der Waals surface area contributed by atoms with Crippen LogP contribution in [0.2, 0.25) is 0 Å². The Hall–Kier alpha value is -7.39. The zero-order chi connectivity index (χ0) is 64.6. The predicted octanol–water partition coefficient (Wildman–Crippen LogP) is 14.7. The molecule has 496 valence electrons. The second-order valence-corrected chi connectivity index (χ2v) is 38.7. The van der Waals surface area contributed by atoms with Crippen LogP contribution in [0.5, 0.6) is 57.5 Å². The maximum atomic E-state index is 17.8. The van der Waals surface area contributed by atoms with E-state index < -0.39 is 18.3 Å². The highest BCUT2D eigenvalue weighted by atomic mass is 19.1. The number of halogens is 2. The number of hydrogen-bond donors (Lipinski definition) is 0. The van der Waals surface area contributed by atoms with Gasteiger partial charge in [-0.05, 0) is 372 Å². The number of hydrogen-bond acceptors (Lipinski definition) is 6. The zero-order valence-corrected chi connectivity index (χ0v) is 57.0. The third-order valence-electron chi connectivity index (χ3n) is 35.8. The van der Waals surface area contributed by atoms with Crippen molar-refractivity contribution in [3.05, 3.63) is 156 Å². The van der Waals surface area contributed by atoms with Crippen LogP contribution in [-0.4, -0.2) is 20.1 Å². The number of ether oxygens (including phenoxy) is 5. The van der Waals surface area contributed by atoms with Gasteiger partial charge in [-0.1, -0.05) is 54.6 Å². The summed E-state index contributed by atoms with van der Waals surface area (Å²) in [5, 5.41) is 0. The Bertz CT molecular complexity index is 5090. The van der Waals surface area contributed by atoms with Gasteiger partial charge in [0.2, 0.25) is 0 Å². The average molecular weight is 1320 g/mol. The Labute approximate surface area is 589 Å². The standard InChI is InChI=1S/C90H78B3F2NO5/c94-70-8-5-9-71(95)87(70)96-72-29-76-67(91-64-6-1-3-10-74(64)97-80-23-44(25-82(99-76)85(80)91)89-34-58-49-15-41-16-50(58)60(36-89)51(17-41)59(49)35-89)27-66(72)93-69-28-68-77(30-78(69)100-79-22-43(21-73(96)84(79)93)88-31-55-46-12-40-13-47(55)57(33-88)48(14-40)56(46)32-88)101-83-26-45(24-81-86(83)92(68)65-7-2-4-11-75(65)98-81)90-37-61-52-18-42-19-53(61)63(39-90)54(20-42)62(52)38-90/h1-11,21-30,40-42,46-63H,12-20,31-39H2/t40?,41?,42?,46-,47-,48?,49-,50?,51+,52-,53-,54?,55?,56?,57?,58?,59?,60?,61?,62?,63?,88-,89-,90-/m1/s1. The maximum absolute atomic E-state index is 17.8. The van der Waals surface area contributed by atoms with Gasteiger partial charge in [0.15, 0.2) is 0 Å². The number of fused-ring (bicyclic) bond motifs is 12. The molecule has 35 rings (SSSR count). The summed E-state index contributed by atoms with van der Waals surface area (Å²) in [5.41, 5.74) is 15.3. The molecule has 0 amide bonds. The number of nitrogens with zero attached hydrogens (tertiary/aromatic N) is 1. The first-order valence-electron chi connectivity index (χ1n) is 40.3. The lowest BCUT2D eigenvalue weighted by molar-refractivity contribution is -0.212. The molecule has 0 aromatic heterocycles. The lowest BCUT2D eigenvalue weighted by Gasteiger charge is -2.72. The van der Waals surface area contributed by atoms with Gasteiger partial charge in [-0.15, -0.1) is 0 Å². The van der Waals surface area contributed by atoms with Crippen molar-refractivity contribution in [2.75, 3.05) is 4.90 Å². The van der Waals surface area contributed by atoms with Gasteiger partial charge < -0.3 is 28.6 Å². The summed E-state index contributed by atoms with van der Waals surface area (Å²) >= 11 is 0. The largest absolute Gasteiger partial charge is 0.458 e. The van der Waals surface area contributed by atoms with Crippen molar-refractivity contribution >= 4 is 86.4 Å². The van der Waals surface area contributed by atoms with Gasteiger partial charge in [0.1, 0.15) is 74.8 Å². The van der Waals surface area contributed by atoms with Gasteiger partial charge in [0.25, 0.3) is 20.1 Å². The normalized spacial score (nSPS) is 41.2. The van der Waals surface area contributed by atoms with Gasteiger partial charge in [-0.25, -0.2) is 8.78 Å². The van der Waals surface area contributed by atoms with Crippen LogP contribution in [0.4, 0.5) is 25.8 Å². The molecule has 24 bridgehead atoms. The first-order chi connectivity index (χ1) is 49.6. The van der Waals surface area contributed by atoms with E-state index in [1.54, 1.807) is 0 Å². The van der Waals surface area contributed by atoms with Gasteiger partial charge >= 0.3 is 0 Å². The number of para-hydroxylation sites is 3. The average Bonchev–Trinajstić information content (AvgIpc) is 0.681. The van der Waals surface area contributed by atoms with Crippen LogP contribution in [0.25, 0.3) is 0 Å². The molecule has 0 unspecified atom stereocenters. The monoisotopic (exact) mass is 1320 g/mol. The quantitative estimate of drug-likeness (QED) is 0.164. The van der Waals surface area contributed by atoms with Gasteiger partial charge in [-0.2, -0.15) is 0 Å². The summed E-state index contributed by atoms with van der Waals surface area (Å²) < 4.78 is 73.3. The molecule has 6 nitrogen and oxygen atoms in total. The lowest BCUT2D eigenvalue weighted by atomic mass is 9.29. The summed E-state index contributed by atoms with van der Waals surface area (Å²) in [6.45, 7) is -0.805. The van der Waals surface area contributed by atoms with Crippen molar-refractivity contribution in [1.29, 1.82) is 0 Å². The van der Waals surface area contributed by atoms with E-state index in [0.717, 1.165) is 242 Å². The number of benzene rings is 8. The predicted molar refractivity (Wildman–Crippen MR) is 389 cm³/mol. The van der Waals surface area contributed by atoms with E-state index in [2.05, 4.69) is 109 Å². The molecule has 21 saturated carbocycles. The molecule has 6 aliphatic heterocycles. The summed E-state index contributed by atoms with van der Waals surface area (Å²) in [5.74, 6) is 25.3. The molecule has 101 heavy (non-hydrogen) atoms. The highest BCUT2D eigenvalue weighted by Crippen LogP contribution is 2.78. The van der Waals surface area contributed by atoms with E-state index >= 15 is 8.78 Å². The summed E-state index contributed by atoms with van der Waals surface area (Å²) in [6.07, 6.45) is 24.3. The van der Waals surface area contributed by atoms with Crippen molar-refractivity contribution < 1.29 is 32.5 Å². The van der Waals surface area contributed by atoms with Crippen molar-refractivity contribution in [3.63, 3.8) is 0 Å². The van der Waals surface area contributed by atoms with E-state index in [4.69, 9.17) is 23.7 Å². The molecule has 0 radical (unpaired) electrons. The van der Waals surface area contributed by atoms with Crippen LogP contribution in [0.1, 0.15) is 132 Å². The Morgan fingerprint density at radius 3 is 0.980 bits per heavy atom.